The number of amides is 2. The van der Waals surface area contributed by atoms with Crippen LogP contribution in [0.4, 0.5) is 15.8 Å². The first-order valence-corrected chi connectivity index (χ1v) is 9.70. The van der Waals surface area contributed by atoms with Gasteiger partial charge in [0, 0.05) is 30.7 Å². The van der Waals surface area contributed by atoms with Crippen molar-refractivity contribution in [2.75, 3.05) is 36.0 Å². The molecule has 2 fully saturated rings. The van der Waals surface area contributed by atoms with Crippen molar-refractivity contribution in [1.82, 2.24) is 4.90 Å². The zero-order valence-corrected chi connectivity index (χ0v) is 16.2. The second-order valence-electron chi connectivity index (χ2n) is 6.71. The number of anilines is 2. The lowest BCUT2D eigenvalue weighted by Crippen LogP contribution is -2.52. The van der Waals surface area contributed by atoms with Crippen LogP contribution in [0.15, 0.2) is 53.0 Å². The van der Waals surface area contributed by atoms with Crippen molar-refractivity contribution in [1.29, 1.82) is 0 Å². The summed E-state index contributed by atoms with van der Waals surface area (Å²) in [5.41, 5.74) is 1.17. The molecule has 2 saturated heterocycles. The van der Waals surface area contributed by atoms with Crippen LogP contribution in [0, 0.1) is 5.82 Å². The van der Waals surface area contributed by atoms with Crippen molar-refractivity contribution >= 4 is 39.1 Å². The molecular formula is C20H19BrFN3O2. The number of benzene rings is 2. The van der Waals surface area contributed by atoms with Gasteiger partial charge in [0.15, 0.2) is 0 Å². The minimum absolute atomic E-state index is 0.180. The molecule has 0 saturated carbocycles. The van der Waals surface area contributed by atoms with Crippen LogP contribution in [0.3, 0.4) is 0 Å². The predicted octanol–water partition coefficient (Wildman–Crippen LogP) is 3.04. The van der Waals surface area contributed by atoms with Crippen LogP contribution in [0.1, 0.15) is 6.42 Å². The highest BCUT2D eigenvalue weighted by atomic mass is 79.9. The van der Waals surface area contributed by atoms with Gasteiger partial charge in [-0.25, -0.2) is 9.29 Å². The zero-order valence-electron chi connectivity index (χ0n) is 14.6. The van der Waals surface area contributed by atoms with Crippen molar-refractivity contribution in [2.45, 2.75) is 12.5 Å². The molecule has 0 aromatic heterocycles. The van der Waals surface area contributed by atoms with Crippen LogP contribution in [-0.4, -0.2) is 48.9 Å². The van der Waals surface area contributed by atoms with Crippen LogP contribution in [-0.2, 0) is 9.59 Å². The maximum absolute atomic E-state index is 14.0. The molecule has 27 heavy (non-hydrogen) atoms. The zero-order chi connectivity index (χ0) is 19.0. The summed E-state index contributed by atoms with van der Waals surface area (Å²) in [6.45, 7) is 2.46. The van der Waals surface area contributed by atoms with Crippen molar-refractivity contribution < 1.29 is 14.0 Å². The van der Waals surface area contributed by atoms with Crippen LogP contribution in [0.25, 0.3) is 0 Å². The van der Waals surface area contributed by atoms with Gasteiger partial charge in [-0.05, 0) is 40.2 Å². The van der Waals surface area contributed by atoms with Crippen molar-refractivity contribution in [3.63, 3.8) is 0 Å². The number of nitrogens with zero attached hydrogens (tertiary/aromatic N) is 3. The standard InChI is InChI=1S/C20H19BrFN3O2/c21-14-5-1-3-7-16(14)25-19(26)13-18(20(25)27)24-11-9-23(10-12-24)17-8-4-2-6-15(17)22/h1-8,18H,9-13H2/t18-/m1/s1. The quantitative estimate of drug-likeness (QED) is 0.700. The fourth-order valence-corrected chi connectivity index (χ4v) is 4.23. The molecule has 2 heterocycles. The fourth-order valence-electron chi connectivity index (χ4n) is 3.77. The molecule has 4 rings (SSSR count). The van der Waals surface area contributed by atoms with E-state index in [0.29, 0.717) is 37.6 Å². The third-order valence-corrected chi connectivity index (χ3v) is 5.83. The van der Waals surface area contributed by atoms with Gasteiger partial charge in [-0.3, -0.25) is 14.5 Å². The minimum Gasteiger partial charge on any atom is -0.367 e. The van der Waals surface area contributed by atoms with Crippen molar-refractivity contribution in [3.8, 4) is 0 Å². The Morgan fingerprint density at radius 2 is 1.52 bits per heavy atom. The summed E-state index contributed by atoms with van der Waals surface area (Å²) in [6.07, 6.45) is 0.180. The molecular weight excluding hydrogens is 413 g/mol. The molecule has 7 heteroatoms. The van der Waals surface area contributed by atoms with Gasteiger partial charge in [0.2, 0.25) is 5.91 Å². The van der Waals surface area contributed by atoms with Gasteiger partial charge >= 0.3 is 0 Å². The number of rotatable bonds is 3. The average molecular weight is 432 g/mol. The Labute approximate surface area is 165 Å². The molecule has 0 aliphatic carbocycles. The summed E-state index contributed by atoms with van der Waals surface area (Å²) >= 11 is 3.42. The number of halogens is 2. The van der Waals surface area contributed by atoms with Gasteiger partial charge in [0.25, 0.3) is 5.91 Å². The summed E-state index contributed by atoms with van der Waals surface area (Å²) < 4.78 is 14.7. The molecule has 5 nitrogen and oxygen atoms in total. The summed E-state index contributed by atoms with van der Waals surface area (Å²) in [5, 5.41) is 0. The molecule has 0 unspecified atom stereocenters. The Hall–Kier alpha value is -2.25. The lowest BCUT2D eigenvalue weighted by Gasteiger charge is -2.38. The van der Waals surface area contributed by atoms with E-state index in [1.165, 1.54) is 11.0 Å². The number of carbonyl (C=O) groups excluding carboxylic acids is 2. The fraction of sp³-hybridized carbons (Fsp3) is 0.300. The van der Waals surface area contributed by atoms with Crippen LogP contribution in [0.5, 0.6) is 0 Å². The topological polar surface area (TPSA) is 43.9 Å². The molecule has 2 amide bonds. The molecule has 2 aromatic rings. The smallest absolute Gasteiger partial charge is 0.251 e. The first kappa shape index (κ1) is 18.1. The molecule has 140 valence electrons. The van der Waals surface area contributed by atoms with Gasteiger partial charge in [-0.15, -0.1) is 0 Å². The Kier molecular flexibility index (Phi) is 4.97. The average Bonchev–Trinajstić information content (AvgIpc) is 2.97. The third-order valence-electron chi connectivity index (χ3n) is 5.16. The largest absolute Gasteiger partial charge is 0.367 e. The summed E-state index contributed by atoms with van der Waals surface area (Å²) in [6, 6.07) is 13.5. The second-order valence-corrected chi connectivity index (χ2v) is 7.57. The van der Waals surface area contributed by atoms with Gasteiger partial charge in [-0.2, -0.15) is 0 Å². The highest BCUT2D eigenvalue weighted by molar-refractivity contribution is 9.10. The monoisotopic (exact) mass is 431 g/mol. The predicted molar refractivity (Wildman–Crippen MR) is 105 cm³/mol. The lowest BCUT2D eigenvalue weighted by atomic mass is 10.1. The molecule has 0 bridgehead atoms. The van der Waals surface area contributed by atoms with Gasteiger partial charge in [-0.1, -0.05) is 24.3 Å². The maximum atomic E-state index is 14.0. The normalized spacial score (nSPS) is 21.2. The summed E-state index contributed by atoms with van der Waals surface area (Å²) in [7, 11) is 0. The van der Waals surface area contributed by atoms with Gasteiger partial charge in [0.05, 0.1) is 23.8 Å². The van der Waals surface area contributed by atoms with Gasteiger partial charge in [0.1, 0.15) is 5.82 Å². The Balaban J connectivity index is 1.46. The first-order chi connectivity index (χ1) is 13.1. The minimum atomic E-state index is -0.452. The SMILES string of the molecule is O=C1C[C@@H](N2CCN(c3ccccc3F)CC2)C(=O)N1c1ccccc1Br. The van der Waals surface area contributed by atoms with E-state index in [-0.39, 0.29) is 24.1 Å². The van der Waals surface area contributed by atoms with Crippen molar-refractivity contribution in [2.24, 2.45) is 0 Å². The number of hydrogen-bond donors (Lipinski definition) is 0. The molecule has 0 radical (unpaired) electrons. The van der Waals surface area contributed by atoms with E-state index in [4.69, 9.17) is 0 Å². The van der Waals surface area contributed by atoms with Crippen molar-refractivity contribution in [3.05, 3.63) is 58.8 Å². The summed E-state index contributed by atoms with van der Waals surface area (Å²) in [4.78, 5) is 30.8. The number of hydrogen-bond acceptors (Lipinski definition) is 4. The molecule has 2 aliphatic heterocycles. The summed E-state index contributed by atoms with van der Waals surface area (Å²) in [5.74, 6) is -0.613. The molecule has 0 spiro atoms. The number of piperazine rings is 1. The molecule has 2 aliphatic rings. The van der Waals surface area contributed by atoms with E-state index in [1.807, 2.05) is 28.0 Å². The maximum Gasteiger partial charge on any atom is 0.251 e. The lowest BCUT2D eigenvalue weighted by molar-refractivity contribution is -0.123. The second kappa shape index (κ2) is 7.40. The van der Waals surface area contributed by atoms with E-state index in [9.17, 15) is 14.0 Å². The Morgan fingerprint density at radius 1 is 0.889 bits per heavy atom. The van der Waals surface area contributed by atoms with Crippen LogP contribution >= 0.6 is 15.9 Å². The van der Waals surface area contributed by atoms with Crippen LogP contribution < -0.4 is 9.80 Å². The first-order valence-electron chi connectivity index (χ1n) is 8.91. The van der Waals surface area contributed by atoms with E-state index in [2.05, 4.69) is 15.9 Å². The van der Waals surface area contributed by atoms with Crippen LogP contribution in [0.2, 0.25) is 0 Å². The molecule has 1 atom stereocenters. The van der Waals surface area contributed by atoms with E-state index < -0.39 is 6.04 Å². The highest BCUT2D eigenvalue weighted by Crippen LogP contribution is 2.32. The Bertz CT molecular complexity index is 883. The highest BCUT2D eigenvalue weighted by Gasteiger charge is 2.43. The number of para-hydroxylation sites is 2. The molecule has 0 N–H and O–H groups in total. The third kappa shape index (κ3) is 3.37. The van der Waals surface area contributed by atoms with Gasteiger partial charge < -0.3 is 4.90 Å². The van der Waals surface area contributed by atoms with E-state index in [1.54, 1.807) is 24.3 Å². The number of imide groups is 1. The number of carbonyl (C=O) groups is 2. The van der Waals surface area contributed by atoms with E-state index in [0.717, 1.165) is 4.47 Å². The van der Waals surface area contributed by atoms with E-state index >= 15 is 0 Å². The Morgan fingerprint density at radius 3 is 2.19 bits per heavy atom. The molecule has 2 aromatic carbocycles.